The van der Waals surface area contributed by atoms with Gasteiger partial charge in [0.2, 0.25) is 5.91 Å². The van der Waals surface area contributed by atoms with E-state index in [0.29, 0.717) is 5.41 Å². The maximum Gasteiger partial charge on any atom is 0.406 e. The number of hydrogen-bond acceptors (Lipinski definition) is 3. The van der Waals surface area contributed by atoms with Crippen LogP contribution >= 0.6 is 0 Å². The predicted molar refractivity (Wildman–Crippen MR) is 81.1 cm³/mol. The van der Waals surface area contributed by atoms with Crippen molar-refractivity contribution in [3.63, 3.8) is 0 Å². The number of amides is 1. The Kier molecular flexibility index (Phi) is 5.94. The number of carbonyl (C=O) groups is 1. The molecule has 2 heterocycles. The maximum atomic E-state index is 12.6. The van der Waals surface area contributed by atoms with Gasteiger partial charge in [-0.1, -0.05) is 0 Å². The highest BCUT2D eigenvalue weighted by Crippen LogP contribution is 2.40. The van der Waals surface area contributed by atoms with Gasteiger partial charge >= 0.3 is 6.18 Å². The van der Waals surface area contributed by atoms with E-state index in [-0.39, 0.29) is 6.54 Å². The second-order valence-corrected chi connectivity index (χ2v) is 7.12. The highest BCUT2D eigenvalue weighted by molar-refractivity contribution is 5.78. The van der Waals surface area contributed by atoms with Crippen molar-refractivity contribution in [3.05, 3.63) is 0 Å². The molecular weight excluding hydrogens is 309 g/mol. The Morgan fingerprint density at radius 1 is 1.17 bits per heavy atom. The number of likely N-dealkylation sites (tertiary alicyclic amines) is 1. The minimum absolute atomic E-state index is 0.0842. The molecule has 1 amide bonds. The van der Waals surface area contributed by atoms with Gasteiger partial charge in [0.25, 0.3) is 0 Å². The van der Waals surface area contributed by atoms with Crippen molar-refractivity contribution >= 4 is 5.91 Å². The van der Waals surface area contributed by atoms with Gasteiger partial charge in [0.05, 0.1) is 6.54 Å². The molecule has 0 N–H and O–H groups in total. The first-order chi connectivity index (χ1) is 10.7. The van der Waals surface area contributed by atoms with E-state index in [1.807, 2.05) is 4.90 Å². The summed E-state index contributed by atoms with van der Waals surface area (Å²) in [6, 6.07) is -0.448. The van der Waals surface area contributed by atoms with Crippen LogP contribution in [0.5, 0.6) is 0 Å². The minimum atomic E-state index is -4.35. The zero-order valence-electron chi connectivity index (χ0n) is 14.0. The number of alkyl halides is 3. The van der Waals surface area contributed by atoms with Crippen molar-refractivity contribution in [1.29, 1.82) is 0 Å². The standard InChI is InChI=1S/C16H27F3N2O2/c1-13(2)21(12-16(17,18)19)14(22)11-20-7-3-15(4-8-20)5-9-23-10-6-15/h13H,3-12H2,1-2H3. The van der Waals surface area contributed by atoms with Gasteiger partial charge in [-0.05, 0) is 58.0 Å². The summed E-state index contributed by atoms with van der Waals surface area (Å²) in [5.41, 5.74) is 0.321. The Labute approximate surface area is 135 Å². The number of piperidine rings is 1. The molecule has 0 unspecified atom stereocenters. The lowest BCUT2D eigenvalue weighted by Gasteiger charge is -2.44. The molecular formula is C16H27F3N2O2. The molecule has 7 heteroatoms. The van der Waals surface area contributed by atoms with E-state index < -0.39 is 24.7 Å². The Hall–Kier alpha value is -0.820. The lowest BCUT2D eigenvalue weighted by molar-refractivity contribution is -0.165. The Morgan fingerprint density at radius 2 is 1.74 bits per heavy atom. The Balaban J connectivity index is 1.85. The number of nitrogens with zero attached hydrogens (tertiary/aromatic N) is 2. The third-order valence-corrected chi connectivity index (χ3v) is 5.12. The van der Waals surface area contributed by atoms with Gasteiger partial charge < -0.3 is 9.64 Å². The summed E-state index contributed by atoms with van der Waals surface area (Å²) in [5, 5.41) is 0. The monoisotopic (exact) mass is 336 g/mol. The highest BCUT2D eigenvalue weighted by atomic mass is 19.4. The van der Waals surface area contributed by atoms with Crippen LogP contribution < -0.4 is 0 Å². The molecule has 0 bridgehead atoms. The number of carbonyl (C=O) groups excluding carboxylic acids is 1. The smallest absolute Gasteiger partial charge is 0.381 e. The fourth-order valence-electron chi connectivity index (χ4n) is 3.52. The molecule has 2 rings (SSSR count). The minimum Gasteiger partial charge on any atom is -0.381 e. The zero-order valence-corrected chi connectivity index (χ0v) is 14.0. The average Bonchev–Trinajstić information content (AvgIpc) is 2.47. The highest BCUT2D eigenvalue weighted by Gasteiger charge is 2.38. The number of rotatable bonds is 4. The van der Waals surface area contributed by atoms with Crippen LogP contribution in [0, 0.1) is 5.41 Å². The van der Waals surface area contributed by atoms with Crippen LogP contribution in [-0.2, 0) is 9.53 Å². The lowest BCUT2D eigenvalue weighted by Crippen LogP contribution is -2.50. The van der Waals surface area contributed by atoms with E-state index >= 15 is 0 Å². The summed E-state index contributed by atoms with van der Waals surface area (Å²) in [5.74, 6) is -0.430. The van der Waals surface area contributed by atoms with Gasteiger partial charge in [-0.15, -0.1) is 0 Å². The van der Waals surface area contributed by atoms with Crippen LogP contribution in [0.25, 0.3) is 0 Å². The van der Waals surface area contributed by atoms with Gasteiger partial charge in [-0.2, -0.15) is 13.2 Å². The second-order valence-electron chi connectivity index (χ2n) is 7.12. The summed E-state index contributed by atoms with van der Waals surface area (Å²) in [7, 11) is 0. The molecule has 4 nitrogen and oxygen atoms in total. The van der Waals surface area contributed by atoms with Crippen LogP contribution in [-0.4, -0.2) is 67.3 Å². The summed E-state index contributed by atoms with van der Waals surface area (Å²) >= 11 is 0. The van der Waals surface area contributed by atoms with Crippen LogP contribution in [0.3, 0.4) is 0 Å². The first kappa shape index (κ1) is 18.5. The summed E-state index contributed by atoms with van der Waals surface area (Å²) in [4.78, 5) is 15.2. The predicted octanol–water partition coefficient (Wildman–Crippen LogP) is 2.68. The van der Waals surface area contributed by atoms with Crippen LogP contribution in [0.2, 0.25) is 0 Å². The van der Waals surface area contributed by atoms with Gasteiger partial charge in [0.15, 0.2) is 0 Å². The molecule has 23 heavy (non-hydrogen) atoms. The van der Waals surface area contributed by atoms with Crippen LogP contribution in [0.4, 0.5) is 13.2 Å². The van der Waals surface area contributed by atoms with E-state index in [1.165, 1.54) is 0 Å². The van der Waals surface area contributed by atoms with E-state index in [2.05, 4.69) is 0 Å². The van der Waals surface area contributed by atoms with Crippen molar-refractivity contribution in [3.8, 4) is 0 Å². The molecule has 0 aromatic carbocycles. The molecule has 2 aliphatic heterocycles. The molecule has 1 spiro atoms. The van der Waals surface area contributed by atoms with Crippen molar-refractivity contribution in [2.45, 2.75) is 51.7 Å². The van der Waals surface area contributed by atoms with E-state index in [9.17, 15) is 18.0 Å². The van der Waals surface area contributed by atoms with Crippen LogP contribution in [0.1, 0.15) is 39.5 Å². The molecule has 2 fully saturated rings. The van der Waals surface area contributed by atoms with E-state index in [0.717, 1.165) is 56.9 Å². The second kappa shape index (κ2) is 7.38. The fourth-order valence-corrected chi connectivity index (χ4v) is 3.52. The summed E-state index contributed by atoms with van der Waals surface area (Å²) < 4.78 is 43.3. The van der Waals surface area contributed by atoms with Crippen LogP contribution in [0.15, 0.2) is 0 Å². The third kappa shape index (κ3) is 5.35. The normalized spacial score (nSPS) is 22.5. The molecule has 0 saturated carbocycles. The molecule has 2 saturated heterocycles. The molecule has 2 aliphatic rings. The van der Waals surface area contributed by atoms with Crippen molar-refractivity contribution in [2.75, 3.05) is 39.4 Å². The summed E-state index contributed by atoms with van der Waals surface area (Å²) in [6.07, 6.45) is -0.231. The van der Waals surface area contributed by atoms with Gasteiger partial charge in [0, 0.05) is 19.3 Å². The number of halogens is 3. The molecule has 0 atom stereocenters. The number of hydrogen-bond donors (Lipinski definition) is 0. The zero-order chi connectivity index (χ0) is 17.1. The molecule has 0 aromatic heterocycles. The summed E-state index contributed by atoms with van der Waals surface area (Å²) in [6.45, 7) is 5.32. The van der Waals surface area contributed by atoms with E-state index in [1.54, 1.807) is 13.8 Å². The average molecular weight is 336 g/mol. The molecule has 0 aliphatic carbocycles. The molecule has 134 valence electrons. The maximum absolute atomic E-state index is 12.6. The van der Waals surface area contributed by atoms with Crippen molar-refractivity contribution in [2.24, 2.45) is 5.41 Å². The van der Waals surface area contributed by atoms with Crippen molar-refractivity contribution < 1.29 is 22.7 Å². The lowest BCUT2D eigenvalue weighted by atomic mass is 9.72. The first-order valence-electron chi connectivity index (χ1n) is 8.37. The van der Waals surface area contributed by atoms with Gasteiger partial charge in [-0.25, -0.2) is 0 Å². The molecule has 0 aromatic rings. The largest absolute Gasteiger partial charge is 0.406 e. The Bertz CT molecular complexity index is 397. The topological polar surface area (TPSA) is 32.8 Å². The number of ether oxygens (including phenoxy) is 1. The Morgan fingerprint density at radius 3 is 2.22 bits per heavy atom. The fraction of sp³-hybridized carbons (Fsp3) is 0.938. The SMILES string of the molecule is CC(C)N(CC(F)(F)F)C(=O)CN1CCC2(CCOCC2)CC1. The van der Waals surface area contributed by atoms with E-state index in [4.69, 9.17) is 4.74 Å². The van der Waals surface area contributed by atoms with Gasteiger partial charge in [0.1, 0.15) is 6.54 Å². The third-order valence-electron chi connectivity index (χ3n) is 5.12. The quantitative estimate of drug-likeness (QED) is 0.791. The van der Waals surface area contributed by atoms with Crippen molar-refractivity contribution in [1.82, 2.24) is 9.80 Å². The first-order valence-corrected chi connectivity index (χ1v) is 8.37. The molecule has 0 radical (unpaired) electrons. The van der Waals surface area contributed by atoms with Gasteiger partial charge in [-0.3, -0.25) is 9.69 Å².